The van der Waals surface area contributed by atoms with Gasteiger partial charge in [0.15, 0.2) is 5.75 Å². The second-order valence-corrected chi connectivity index (χ2v) is 4.49. The van der Waals surface area contributed by atoms with Crippen LogP contribution in [0.3, 0.4) is 0 Å². The Kier molecular flexibility index (Phi) is 2.91. The van der Waals surface area contributed by atoms with E-state index in [2.05, 4.69) is 4.98 Å². The van der Waals surface area contributed by atoms with Crippen molar-refractivity contribution in [1.29, 1.82) is 0 Å². The molecule has 0 aliphatic heterocycles. The number of aromatic nitrogens is 1. The zero-order chi connectivity index (χ0) is 14.1. The predicted molar refractivity (Wildman–Crippen MR) is 78.2 cm³/mol. The van der Waals surface area contributed by atoms with Crippen LogP contribution in [0.25, 0.3) is 22.0 Å². The Morgan fingerprint density at radius 1 is 1.10 bits per heavy atom. The molecule has 2 N–H and O–H groups in total. The first-order chi connectivity index (χ1) is 9.69. The summed E-state index contributed by atoms with van der Waals surface area (Å²) in [5.74, 6) is 0.391. The normalized spacial score (nSPS) is 10.7. The molecule has 0 saturated carbocycles. The number of fused-ring (bicyclic) bond motifs is 1. The second-order valence-electron chi connectivity index (χ2n) is 4.49. The molecule has 0 spiro atoms. The Morgan fingerprint density at radius 3 is 2.55 bits per heavy atom. The van der Waals surface area contributed by atoms with Crippen LogP contribution in [-0.2, 0) is 0 Å². The third-order valence-corrected chi connectivity index (χ3v) is 3.23. The van der Waals surface area contributed by atoms with Gasteiger partial charge in [-0.3, -0.25) is 4.79 Å². The Balaban J connectivity index is 2.27. The number of methoxy groups -OCH3 is 1. The van der Waals surface area contributed by atoms with Gasteiger partial charge < -0.3 is 14.8 Å². The number of H-pyrrole nitrogens is 1. The molecule has 0 atom stereocenters. The minimum Gasteiger partial charge on any atom is -0.507 e. The fraction of sp³-hybridized carbons (Fsp3) is 0.0625. The first-order valence-electron chi connectivity index (χ1n) is 6.18. The van der Waals surface area contributed by atoms with Gasteiger partial charge in [0.1, 0.15) is 5.75 Å². The quantitative estimate of drug-likeness (QED) is 0.750. The lowest BCUT2D eigenvalue weighted by atomic mass is 10.0. The van der Waals surface area contributed by atoms with E-state index in [1.54, 1.807) is 18.2 Å². The predicted octanol–water partition coefficient (Wildman–Crippen LogP) is 2.91. The highest BCUT2D eigenvalue weighted by atomic mass is 16.5. The first-order valence-corrected chi connectivity index (χ1v) is 6.18. The lowest BCUT2D eigenvalue weighted by Crippen LogP contribution is -2.08. The second kappa shape index (κ2) is 4.74. The van der Waals surface area contributed by atoms with Crippen molar-refractivity contribution in [2.75, 3.05) is 7.11 Å². The van der Waals surface area contributed by atoms with Crippen LogP contribution < -0.4 is 10.3 Å². The molecule has 2 aromatic carbocycles. The van der Waals surface area contributed by atoms with Gasteiger partial charge in [0.05, 0.1) is 7.11 Å². The SMILES string of the molecule is COc1cc2cc(O)c(-c3ccccc3)cc2[nH]c1=O. The summed E-state index contributed by atoms with van der Waals surface area (Å²) in [5, 5.41) is 10.9. The van der Waals surface area contributed by atoms with Gasteiger partial charge in [-0.25, -0.2) is 0 Å². The fourth-order valence-electron chi connectivity index (χ4n) is 2.22. The number of benzene rings is 2. The van der Waals surface area contributed by atoms with E-state index >= 15 is 0 Å². The van der Waals surface area contributed by atoms with Crippen molar-refractivity contribution in [1.82, 2.24) is 4.98 Å². The molecule has 1 aromatic heterocycles. The summed E-state index contributed by atoms with van der Waals surface area (Å²) in [6.45, 7) is 0. The lowest BCUT2D eigenvalue weighted by molar-refractivity contribution is 0.409. The Morgan fingerprint density at radius 2 is 1.85 bits per heavy atom. The number of phenols is 1. The summed E-state index contributed by atoms with van der Waals surface area (Å²) in [7, 11) is 1.44. The summed E-state index contributed by atoms with van der Waals surface area (Å²) < 4.78 is 4.98. The molecule has 0 aliphatic carbocycles. The topological polar surface area (TPSA) is 62.3 Å². The molecular formula is C16H13NO3. The number of pyridine rings is 1. The maximum atomic E-state index is 11.8. The summed E-state index contributed by atoms with van der Waals surface area (Å²) in [4.78, 5) is 14.5. The molecule has 3 rings (SSSR count). The molecule has 3 aromatic rings. The van der Waals surface area contributed by atoms with Crippen LogP contribution in [0.4, 0.5) is 0 Å². The highest BCUT2D eigenvalue weighted by Crippen LogP contribution is 2.32. The van der Waals surface area contributed by atoms with Crippen LogP contribution in [0, 0.1) is 0 Å². The van der Waals surface area contributed by atoms with Crippen molar-refractivity contribution >= 4 is 10.9 Å². The standard InChI is InChI=1S/C16H13NO3/c1-20-15-8-11-7-14(18)12(9-13(11)17-16(15)19)10-5-3-2-4-6-10/h2-9,18H,1H3,(H,17,19). The van der Waals surface area contributed by atoms with E-state index in [0.717, 1.165) is 10.9 Å². The molecule has 0 saturated heterocycles. The maximum absolute atomic E-state index is 11.8. The van der Waals surface area contributed by atoms with Crippen molar-refractivity contribution in [2.24, 2.45) is 0 Å². The van der Waals surface area contributed by atoms with E-state index in [0.29, 0.717) is 11.1 Å². The number of phenolic OH excluding ortho intramolecular Hbond substituents is 1. The maximum Gasteiger partial charge on any atom is 0.290 e. The van der Waals surface area contributed by atoms with Crippen LogP contribution in [0.1, 0.15) is 0 Å². The van der Waals surface area contributed by atoms with Crippen LogP contribution in [0.5, 0.6) is 11.5 Å². The van der Waals surface area contributed by atoms with E-state index < -0.39 is 0 Å². The molecule has 0 amide bonds. The molecule has 0 aliphatic rings. The van der Waals surface area contributed by atoms with E-state index in [4.69, 9.17) is 4.74 Å². The smallest absolute Gasteiger partial charge is 0.290 e. The van der Waals surface area contributed by atoms with E-state index in [1.807, 2.05) is 30.3 Å². The first kappa shape index (κ1) is 12.3. The number of ether oxygens (including phenoxy) is 1. The number of rotatable bonds is 2. The van der Waals surface area contributed by atoms with E-state index in [1.165, 1.54) is 7.11 Å². The monoisotopic (exact) mass is 267 g/mol. The Labute approximate surface area is 115 Å². The van der Waals surface area contributed by atoms with Crippen molar-refractivity contribution in [3.05, 3.63) is 58.9 Å². The van der Waals surface area contributed by atoms with Gasteiger partial charge in [-0.05, 0) is 23.8 Å². The third kappa shape index (κ3) is 2.01. The van der Waals surface area contributed by atoms with Gasteiger partial charge in [-0.1, -0.05) is 30.3 Å². The van der Waals surface area contributed by atoms with Crippen LogP contribution in [-0.4, -0.2) is 17.2 Å². The average molecular weight is 267 g/mol. The molecule has 0 fully saturated rings. The molecule has 1 heterocycles. The van der Waals surface area contributed by atoms with E-state index in [-0.39, 0.29) is 17.1 Å². The van der Waals surface area contributed by atoms with Gasteiger partial charge in [0.25, 0.3) is 5.56 Å². The largest absolute Gasteiger partial charge is 0.507 e. The molecule has 4 nitrogen and oxygen atoms in total. The average Bonchev–Trinajstić information content (AvgIpc) is 2.47. The lowest BCUT2D eigenvalue weighted by Gasteiger charge is -2.08. The van der Waals surface area contributed by atoms with Crippen molar-refractivity contribution < 1.29 is 9.84 Å². The number of nitrogens with one attached hydrogen (secondary N) is 1. The third-order valence-electron chi connectivity index (χ3n) is 3.23. The fourth-order valence-corrected chi connectivity index (χ4v) is 2.22. The molecule has 20 heavy (non-hydrogen) atoms. The van der Waals surface area contributed by atoms with Gasteiger partial charge in [0, 0.05) is 16.5 Å². The Hall–Kier alpha value is -2.75. The summed E-state index contributed by atoms with van der Waals surface area (Å²) in [5.41, 5.74) is 1.94. The molecule has 0 bridgehead atoms. The summed E-state index contributed by atoms with van der Waals surface area (Å²) in [6, 6.07) is 14.5. The molecule has 0 unspecified atom stereocenters. The van der Waals surface area contributed by atoms with Gasteiger partial charge in [0.2, 0.25) is 0 Å². The number of aromatic hydroxyl groups is 1. The highest BCUT2D eigenvalue weighted by molar-refractivity contribution is 5.88. The van der Waals surface area contributed by atoms with Crippen LogP contribution in [0.15, 0.2) is 53.3 Å². The van der Waals surface area contributed by atoms with Crippen LogP contribution >= 0.6 is 0 Å². The number of hydrogen-bond donors (Lipinski definition) is 2. The number of aromatic amines is 1. The Bertz CT molecular complexity index is 822. The molecular weight excluding hydrogens is 254 g/mol. The minimum atomic E-state index is -0.287. The van der Waals surface area contributed by atoms with E-state index in [9.17, 15) is 9.90 Å². The van der Waals surface area contributed by atoms with Crippen molar-refractivity contribution in [3.63, 3.8) is 0 Å². The van der Waals surface area contributed by atoms with Gasteiger partial charge >= 0.3 is 0 Å². The van der Waals surface area contributed by atoms with Crippen LogP contribution in [0.2, 0.25) is 0 Å². The zero-order valence-electron chi connectivity index (χ0n) is 10.9. The summed E-state index contributed by atoms with van der Waals surface area (Å²) in [6.07, 6.45) is 0. The molecule has 100 valence electrons. The summed E-state index contributed by atoms with van der Waals surface area (Å²) >= 11 is 0. The van der Waals surface area contributed by atoms with Crippen molar-refractivity contribution in [3.8, 4) is 22.6 Å². The highest BCUT2D eigenvalue weighted by Gasteiger charge is 2.09. The number of hydrogen-bond acceptors (Lipinski definition) is 3. The van der Waals surface area contributed by atoms with Gasteiger partial charge in [-0.2, -0.15) is 0 Å². The zero-order valence-corrected chi connectivity index (χ0v) is 10.9. The molecule has 0 radical (unpaired) electrons. The van der Waals surface area contributed by atoms with Gasteiger partial charge in [-0.15, -0.1) is 0 Å². The minimum absolute atomic E-state index is 0.165. The van der Waals surface area contributed by atoms with Crippen molar-refractivity contribution in [2.45, 2.75) is 0 Å². The molecule has 4 heteroatoms.